The topological polar surface area (TPSA) is 71.5 Å². The lowest BCUT2D eigenvalue weighted by Crippen LogP contribution is -2.38. The van der Waals surface area contributed by atoms with Crippen LogP contribution < -0.4 is 10.2 Å². The summed E-state index contributed by atoms with van der Waals surface area (Å²) < 4.78 is 20.6. The predicted molar refractivity (Wildman–Crippen MR) is 172 cm³/mol. The van der Waals surface area contributed by atoms with Crippen molar-refractivity contribution in [2.24, 2.45) is 0 Å². The molecular formula is C31H34BrCl3FN3O3. The number of ether oxygens (including phenoxy) is 1. The maximum absolute atomic E-state index is 14.3. The molecule has 0 bridgehead atoms. The van der Waals surface area contributed by atoms with E-state index in [0.29, 0.717) is 69.3 Å². The number of nitrogens with zero attached hydrogens (tertiary/aromatic N) is 2. The molecule has 0 radical (unpaired) electrons. The third kappa shape index (κ3) is 7.87. The number of amides is 1. The third-order valence-electron chi connectivity index (χ3n) is 7.17. The summed E-state index contributed by atoms with van der Waals surface area (Å²) in [7, 11) is 0. The molecule has 2 unspecified atom stereocenters. The Morgan fingerprint density at radius 2 is 1.90 bits per heavy atom. The summed E-state index contributed by atoms with van der Waals surface area (Å²) >= 11 is 23.0. The Hall–Kier alpha value is -2.13. The number of esters is 1. The quantitative estimate of drug-likeness (QED) is 0.188. The molecule has 1 fully saturated rings. The van der Waals surface area contributed by atoms with Crippen molar-refractivity contribution >= 4 is 79.3 Å². The number of pyridine rings is 1. The summed E-state index contributed by atoms with van der Waals surface area (Å²) in [4.78, 5) is 33.3. The first-order valence-corrected chi connectivity index (χ1v) is 15.8. The number of fused-ring (bicyclic) bond motifs is 1. The number of rotatable bonds is 8. The smallest absolute Gasteiger partial charge is 0.306 e. The molecule has 226 valence electrons. The van der Waals surface area contributed by atoms with E-state index >= 15 is 0 Å². The van der Waals surface area contributed by atoms with Crippen molar-refractivity contribution in [3.8, 4) is 0 Å². The average Bonchev–Trinajstić information content (AvgIpc) is 2.90. The first kappa shape index (κ1) is 32.8. The summed E-state index contributed by atoms with van der Waals surface area (Å²) in [6, 6.07) is 8.81. The van der Waals surface area contributed by atoms with Crippen molar-refractivity contribution in [2.45, 2.75) is 71.1 Å². The molecule has 1 amide bonds. The molecule has 1 aliphatic rings. The van der Waals surface area contributed by atoms with Crippen LogP contribution in [-0.4, -0.2) is 48.3 Å². The van der Waals surface area contributed by atoms with E-state index in [1.54, 1.807) is 32.9 Å². The van der Waals surface area contributed by atoms with Crippen LogP contribution in [0.5, 0.6) is 0 Å². The summed E-state index contributed by atoms with van der Waals surface area (Å²) in [5.41, 5.74) is 1.67. The van der Waals surface area contributed by atoms with Gasteiger partial charge in [0, 0.05) is 45.9 Å². The number of benzene rings is 2. The fourth-order valence-corrected chi connectivity index (χ4v) is 6.50. The molecule has 6 nitrogen and oxygen atoms in total. The van der Waals surface area contributed by atoms with E-state index in [1.165, 1.54) is 0 Å². The number of piperidine rings is 1. The lowest BCUT2D eigenvalue weighted by molar-refractivity contribution is -0.155. The van der Waals surface area contributed by atoms with Crippen LogP contribution >= 0.6 is 50.7 Å². The van der Waals surface area contributed by atoms with Gasteiger partial charge < -0.3 is 15.0 Å². The van der Waals surface area contributed by atoms with Gasteiger partial charge in [0.1, 0.15) is 17.6 Å². The Labute approximate surface area is 269 Å². The van der Waals surface area contributed by atoms with E-state index in [4.69, 9.17) is 44.5 Å². The molecule has 0 aliphatic carbocycles. The van der Waals surface area contributed by atoms with Crippen molar-refractivity contribution in [1.29, 1.82) is 0 Å². The molecule has 1 saturated heterocycles. The van der Waals surface area contributed by atoms with E-state index < -0.39 is 17.7 Å². The van der Waals surface area contributed by atoms with Crippen LogP contribution in [0.15, 0.2) is 34.8 Å². The highest BCUT2D eigenvalue weighted by Gasteiger charge is 2.28. The maximum atomic E-state index is 14.3. The maximum Gasteiger partial charge on any atom is 0.306 e. The van der Waals surface area contributed by atoms with Gasteiger partial charge in [0.05, 0.1) is 27.7 Å². The molecule has 1 aromatic heterocycles. The van der Waals surface area contributed by atoms with Gasteiger partial charge in [-0.05, 0) is 82.9 Å². The molecule has 0 saturated carbocycles. The van der Waals surface area contributed by atoms with Gasteiger partial charge in [-0.3, -0.25) is 9.59 Å². The van der Waals surface area contributed by atoms with Gasteiger partial charge in [0.2, 0.25) is 0 Å². The van der Waals surface area contributed by atoms with Crippen LogP contribution in [0.25, 0.3) is 10.9 Å². The minimum atomic E-state index is -0.948. The first-order chi connectivity index (χ1) is 19.7. The molecule has 0 spiro atoms. The number of carbonyl (C=O) groups excluding carboxylic acids is 2. The minimum absolute atomic E-state index is 0.0879. The van der Waals surface area contributed by atoms with Gasteiger partial charge in [-0.15, -0.1) is 0 Å². The summed E-state index contributed by atoms with van der Waals surface area (Å²) in [6.45, 7) is 8.27. The Balaban J connectivity index is 1.67. The molecule has 11 heteroatoms. The monoisotopic (exact) mass is 699 g/mol. The highest BCUT2D eigenvalue weighted by molar-refractivity contribution is 9.10. The van der Waals surface area contributed by atoms with Crippen LogP contribution in [0.1, 0.15) is 73.9 Å². The Morgan fingerprint density at radius 1 is 1.19 bits per heavy atom. The second-order valence-corrected chi connectivity index (χ2v) is 13.7. The van der Waals surface area contributed by atoms with Gasteiger partial charge in [0.15, 0.2) is 0 Å². The molecule has 1 N–H and O–H groups in total. The first-order valence-electron chi connectivity index (χ1n) is 13.9. The lowest BCUT2D eigenvalue weighted by atomic mass is 9.93. The van der Waals surface area contributed by atoms with Gasteiger partial charge in [-0.25, -0.2) is 9.37 Å². The number of hydrogen-bond donors (Lipinski definition) is 1. The predicted octanol–water partition coefficient (Wildman–Crippen LogP) is 8.84. The number of aromatic nitrogens is 1. The second-order valence-electron chi connectivity index (χ2n) is 11.6. The number of anilines is 1. The van der Waals surface area contributed by atoms with E-state index in [9.17, 15) is 14.0 Å². The van der Waals surface area contributed by atoms with E-state index in [0.717, 1.165) is 4.47 Å². The molecule has 2 atom stereocenters. The average molecular weight is 702 g/mol. The fraction of sp³-hybridized carbons (Fsp3) is 0.452. The lowest BCUT2D eigenvalue weighted by Gasteiger charge is -2.32. The summed E-state index contributed by atoms with van der Waals surface area (Å²) in [5.74, 6) is -0.537. The van der Waals surface area contributed by atoms with E-state index in [2.05, 4.69) is 21.2 Å². The fourth-order valence-electron chi connectivity index (χ4n) is 5.29. The Morgan fingerprint density at radius 3 is 2.60 bits per heavy atom. The zero-order chi connectivity index (χ0) is 30.8. The van der Waals surface area contributed by atoms with Crippen molar-refractivity contribution in [3.05, 3.63) is 66.6 Å². The summed E-state index contributed by atoms with van der Waals surface area (Å²) in [5, 5.41) is 4.70. The zero-order valence-electron chi connectivity index (χ0n) is 24.0. The van der Waals surface area contributed by atoms with Gasteiger partial charge in [-0.2, -0.15) is 0 Å². The van der Waals surface area contributed by atoms with Crippen molar-refractivity contribution < 1.29 is 18.7 Å². The SMILES string of the molecule is Cc1c(N2CCCC(F)C2)nc2ccc(Br)cc2c1C(=O)NCC(CCC(=O)OC(C)(C)C)c1c(Cl)ccc(Cl)c1Cl. The Bertz CT molecular complexity index is 1500. The molecule has 4 rings (SSSR count). The number of alkyl halides is 1. The van der Waals surface area contributed by atoms with Gasteiger partial charge >= 0.3 is 5.97 Å². The molecular weight excluding hydrogens is 668 g/mol. The molecule has 2 heterocycles. The molecule has 2 aromatic carbocycles. The number of carbonyl (C=O) groups is 2. The normalized spacial score (nSPS) is 16.4. The van der Waals surface area contributed by atoms with Crippen LogP contribution in [-0.2, 0) is 9.53 Å². The zero-order valence-corrected chi connectivity index (χ0v) is 27.9. The van der Waals surface area contributed by atoms with Crippen LogP contribution in [0.4, 0.5) is 10.2 Å². The van der Waals surface area contributed by atoms with Crippen molar-refractivity contribution in [1.82, 2.24) is 10.3 Å². The van der Waals surface area contributed by atoms with E-state index in [1.807, 2.05) is 30.0 Å². The number of halogens is 5. The summed E-state index contributed by atoms with van der Waals surface area (Å²) in [6.07, 6.45) is 0.680. The number of nitrogens with one attached hydrogen (secondary N) is 1. The third-order valence-corrected chi connectivity index (χ3v) is 8.81. The molecule has 1 aliphatic heterocycles. The second kappa shape index (κ2) is 13.7. The highest BCUT2D eigenvalue weighted by atomic mass is 79.9. The Kier molecular flexibility index (Phi) is 10.7. The number of hydrogen-bond acceptors (Lipinski definition) is 5. The largest absolute Gasteiger partial charge is 0.460 e. The van der Waals surface area contributed by atoms with Crippen LogP contribution in [0.3, 0.4) is 0 Å². The highest BCUT2D eigenvalue weighted by Crippen LogP contribution is 2.39. The van der Waals surface area contributed by atoms with Gasteiger partial charge in [-0.1, -0.05) is 50.7 Å². The van der Waals surface area contributed by atoms with E-state index in [-0.39, 0.29) is 36.4 Å². The van der Waals surface area contributed by atoms with Gasteiger partial charge in [0.25, 0.3) is 5.91 Å². The molecule has 42 heavy (non-hydrogen) atoms. The van der Waals surface area contributed by atoms with Crippen LogP contribution in [0, 0.1) is 6.92 Å². The molecule has 3 aromatic rings. The van der Waals surface area contributed by atoms with Crippen molar-refractivity contribution in [3.63, 3.8) is 0 Å². The van der Waals surface area contributed by atoms with Crippen LogP contribution in [0.2, 0.25) is 15.1 Å². The standard InChI is InChI=1S/C31H34BrCl3FN3O3/c1-17-26(21-14-19(32)8-11-24(21)38-29(17)39-13-5-6-20(36)16-39)30(41)37-15-18(7-12-25(40)42-31(2,3)4)27-22(33)9-10-23(34)28(27)35/h8-11,14,18,20H,5-7,12-13,15-16H2,1-4H3,(H,37,41). The minimum Gasteiger partial charge on any atom is -0.460 e. The van der Waals surface area contributed by atoms with Crippen molar-refractivity contribution in [2.75, 3.05) is 24.5 Å².